The van der Waals surface area contributed by atoms with Crippen molar-refractivity contribution in [2.45, 2.75) is 26.2 Å². The van der Waals surface area contributed by atoms with Crippen LogP contribution in [-0.4, -0.2) is 4.98 Å². The van der Waals surface area contributed by atoms with Crippen LogP contribution in [0.1, 0.15) is 26.3 Å². The van der Waals surface area contributed by atoms with E-state index in [9.17, 15) is 8.78 Å². The third-order valence-corrected chi connectivity index (χ3v) is 2.87. The molecule has 106 valence electrons. The molecule has 2 rings (SSSR count). The fourth-order valence-corrected chi connectivity index (χ4v) is 1.62. The number of hydrogen-bond donors (Lipinski definition) is 1. The molecule has 0 aliphatic heterocycles. The van der Waals surface area contributed by atoms with E-state index < -0.39 is 11.6 Å². The average molecular weight is 278 g/mol. The maximum atomic E-state index is 13.6. The minimum absolute atomic E-state index is 0.0376. The number of nitrogen functional groups attached to an aromatic ring is 1. The van der Waals surface area contributed by atoms with Gasteiger partial charge < -0.3 is 10.5 Å². The summed E-state index contributed by atoms with van der Waals surface area (Å²) >= 11 is 0. The molecular formula is C15H16F2N2O. The summed E-state index contributed by atoms with van der Waals surface area (Å²) in [6.45, 7) is 6.17. The van der Waals surface area contributed by atoms with E-state index in [2.05, 4.69) is 25.8 Å². The molecule has 0 bridgehead atoms. The van der Waals surface area contributed by atoms with Gasteiger partial charge in [0.1, 0.15) is 5.82 Å². The number of halogens is 2. The van der Waals surface area contributed by atoms with E-state index in [0.29, 0.717) is 0 Å². The number of aromatic nitrogens is 1. The van der Waals surface area contributed by atoms with Crippen LogP contribution in [0.5, 0.6) is 11.6 Å². The lowest BCUT2D eigenvalue weighted by molar-refractivity contribution is 0.422. The molecule has 0 unspecified atom stereocenters. The first-order valence-corrected chi connectivity index (χ1v) is 6.16. The number of nitrogens with two attached hydrogens (primary N) is 1. The molecular weight excluding hydrogens is 262 g/mol. The lowest BCUT2D eigenvalue weighted by Gasteiger charge is -2.18. The van der Waals surface area contributed by atoms with Crippen LogP contribution in [0, 0.1) is 11.6 Å². The van der Waals surface area contributed by atoms with Crippen molar-refractivity contribution >= 4 is 5.69 Å². The topological polar surface area (TPSA) is 48.1 Å². The lowest BCUT2D eigenvalue weighted by Crippen LogP contribution is -2.11. The zero-order valence-corrected chi connectivity index (χ0v) is 11.6. The van der Waals surface area contributed by atoms with E-state index in [1.807, 2.05) is 6.07 Å². The Morgan fingerprint density at radius 2 is 1.80 bits per heavy atom. The van der Waals surface area contributed by atoms with Gasteiger partial charge >= 0.3 is 0 Å². The predicted octanol–water partition coefficient (Wildman–Crippen LogP) is 4.03. The van der Waals surface area contributed by atoms with Gasteiger partial charge in [-0.15, -0.1) is 0 Å². The summed E-state index contributed by atoms with van der Waals surface area (Å²) in [5, 5.41) is 0. The maximum Gasteiger partial charge on any atom is 0.219 e. The van der Waals surface area contributed by atoms with Gasteiger partial charge in [-0.3, -0.25) is 0 Å². The molecule has 0 fully saturated rings. The molecule has 1 aromatic carbocycles. The van der Waals surface area contributed by atoms with Crippen LogP contribution in [-0.2, 0) is 5.41 Å². The molecule has 0 atom stereocenters. The number of benzene rings is 1. The van der Waals surface area contributed by atoms with Crippen molar-refractivity contribution < 1.29 is 13.5 Å². The summed E-state index contributed by atoms with van der Waals surface area (Å²) < 4.78 is 32.1. The molecule has 0 radical (unpaired) electrons. The Labute approximate surface area is 116 Å². The van der Waals surface area contributed by atoms with Gasteiger partial charge in [-0.05, 0) is 11.0 Å². The fourth-order valence-electron chi connectivity index (χ4n) is 1.62. The molecule has 2 aromatic rings. The molecule has 1 aromatic heterocycles. The largest absolute Gasteiger partial charge is 0.436 e. The van der Waals surface area contributed by atoms with Crippen LogP contribution in [0.2, 0.25) is 0 Å². The highest BCUT2D eigenvalue weighted by atomic mass is 19.1. The minimum Gasteiger partial charge on any atom is -0.436 e. The molecule has 0 saturated heterocycles. The van der Waals surface area contributed by atoms with Gasteiger partial charge in [0.15, 0.2) is 11.6 Å². The lowest BCUT2D eigenvalue weighted by atomic mass is 9.88. The smallest absolute Gasteiger partial charge is 0.219 e. The van der Waals surface area contributed by atoms with Crippen LogP contribution in [0.4, 0.5) is 14.5 Å². The highest BCUT2D eigenvalue weighted by molar-refractivity contribution is 5.45. The molecule has 0 spiro atoms. The van der Waals surface area contributed by atoms with E-state index in [1.54, 1.807) is 12.3 Å². The number of ether oxygens (including phenoxy) is 1. The second-order valence-electron chi connectivity index (χ2n) is 5.54. The first kappa shape index (κ1) is 14.2. The summed E-state index contributed by atoms with van der Waals surface area (Å²) in [6, 6.07) is 5.25. The van der Waals surface area contributed by atoms with Crippen molar-refractivity contribution in [3.63, 3.8) is 0 Å². The zero-order valence-electron chi connectivity index (χ0n) is 11.6. The van der Waals surface area contributed by atoms with Crippen LogP contribution in [0.25, 0.3) is 0 Å². The van der Waals surface area contributed by atoms with Gasteiger partial charge in [-0.1, -0.05) is 26.8 Å². The normalized spacial score (nSPS) is 11.4. The Bertz CT molecular complexity index is 619. The van der Waals surface area contributed by atoms with E-state index >= 15 is 0 Å². The molecule has 0 saturated carbocycles. The highest BCUT2D eigenvalue weighted by Gasteiger charge is 2.15. The average Bonchev–Trinajstić information content (AvgIpc) is 2.35. The summed E-state index contributed by atoms with van der Waals surface area (Å²) in [6.07, 6.45) is 1.65. The Kier molecular flexibility index (Phi) is 3.61. The van der Waals surface area contributed by atoms with Crippen LogP contribution >= 0.6 is 0 Å². The number of rotatable bonds is 2. The second-order valence-corrected chi connectivity index (χ2v) is 5.54. The van der Waals surface area contributed by atoms with E-state index in [-0.39, 0.29) is 22.7 Å². The molecule has 5 heteroatoms. The van der Waals surface area contributed by atoms with Crippen molar-refractivity contribution in [3.05, 3.63) is 47.7 Å². The molecule has 1 heterocycles. The van der Waals surface area contributed by atoms with E-state index in [0.717, 1.165) is 17.7 Å². The Morgan fingerprint density at radius 1 is 1.10 bits per heavy atom. The Balaban J connectivity index is 2.25. The van der Waals surface area contributed by atoms with Crippen molar-refractivity contribution in [2.75, 3.05) is 5.73 Å². The summed E-state index contributed by atoms with van der Waals surface area (Å²) in [4.78, 5) is 4.09. The van der Waals surface area contributed by atoms with E-state index in [4.69, 9.17) is 10.5 Å². The fraction of sp³-hybridized carbons (Fsp3) is 0.267. The number of nitrogens with zero attached hydrogens (tertiary/aromatic N) is 1. The molecule has 0 aliphatic carbocycles. The van der Waals surface area contributed by atoms with Crippen LogP contribution < -0.4 is 10.5 Å². The van der Waals surface area contributed by atoms with Gasteiger partial charge in [-0.2, -0.15) is 0 Å². The standard InChI is InChI=1S/C15H16F2N2O/c1-15(2,3)9-4-5-14(19-8-9)20-13-7-10(16)12(18)6-11(13)17/h4-8H,18H2,1-3H3. The number of hydrogen-bond acceptors (Lipinski definition) is 3. The number of pyridine rings is 1. The monoisotopic (exact) mass is 278 g/mol. The van der Waals surface area contributed by atoms with Crippen molar-refractivity contribution in [3.8, 4) is 11.6 Å². The molecule has 0 amide bonds. The Morgan fingerprint density at radius 3 is 2.35 bits per heavy atom. The summed E-state index contributed by atoms with van der Waals surface area (Å²) in [5.41, 5.74) is 5.99. The molecule has 2 N–H and O–H groups in total. The van der Waals surface area contributed by atoms with Gasteiger partial charge in [0, 0.05) is 24.4 Å². The summed E-state index contributed by atoms with van der Waals surface area (Å²) in [5.74, 6) is -1.51. The first-order valence-electron chi connectivity index (χ1n) is 6.16. The summed E-state index contributed by atoms with van der Waals surface area (Å²) in [7, 11) is 0. The highest BCUT2D eigenvalue weighted by Crippen LogP contribution is 2.28. The third kappa shape index (κ3) is 3.04. The molecule has 0 aliphatic rings. The van der Waals surface area contributed by atoms with E-state index in [1.165, 1.54) is 0 Å². The number of anilines is 1. The van der Waals surface area contributed by atoms with Gasteiger partial charge in [0.05, 0.1) is 5.69 Å². The molecule has 20 heavy (non-hydrogen) atoms. The quantitative estimate of drug-likeness (QED) is 0.844. The Hall–Kier alpha value is -2.17. The first-order chi connectivity index (χ1) is 9.27. The van der Waals surface area contributed by atoms with Crippen LogP contribution in [0.3, 0.4) is 0 Å². The third-order valence-electron chi connectivity index (χ3n) is 2.87. The maximum absolute atomic E-state index is 13.6. The minimum atomic E-state index is -0.731. The van der Waals surface area contributed by atoms with Gasteiger partial charge in [0.2, 0.25) is 5.88 Å². The predicted molar refractivity (Wildman–Crippen MR) is 73.8 cm³/mol. The van der Waals surface area contributed by atoms with Crippen molar-refractivity contribution in [2.24, 2.45) is 0 Å². The zero-order chi connectivity index (χ0) is 14.9. The van der Waals surface area contributed by atoms with Gasteiger partial charge in [-0.25, -0.2) is 13.8 Å². The van der Waals surface area contributed by atoms with Gasteiger partial charge in [0.25, 0.3) is 0 Å². The van der Waals surface area contributed by atoms with Crippen molar-refractivity contribution in [1.29, 1.82) is 0 Å². The van der Waals surface area contributed by atoms with Crippen molar-refractivity contribution in [1.82, 2.24) is 4.98 Å². The second kappa shape index (κ2) is 5.07. The van der Waals surface area contributed by atoms with Crippen LogP contribution in [0.15, 0.2) is 30.5 Å². The SMILES string of the molecule is CC(C)(C)c1ccc(Oc2cc(F)c(N)cc2F)nc1. The molecule has 3 nitrogen and oxygen atoms in total.